The molecular formula is C21H22F3N5O2S. The average molecular weight is 466 g/mol. The second kappa shape index (κ2) is 9.43. The van der Waals surface area contributed by atoms with Crippen LogP contribution in [0.1, 0.15) is 46.8 Å². The fourth-order valence-corrected chi connectivity index (χ4v) is 3.30. The molecule has 0 spiro atoms. The number of rotatable bonds is 3. The van der Waals surface area contributed by atoms with Gasteiger partial charge in [-0.25, -0.2) is 4.98 Å². The average Bonchev–Trinajstić information content (AvgIpc) is 3.17. The first-order valence-electron chi connectivity index (χ1n) is 9.04. The number of anilines is 2. The fourth-order valence-electron chi connectivity index (χ4n) is 3.30. The number of benzene rings is 1. The lowest BCUT2D eigenvalue weighted by Crippen LogP contribution is -2.43. The summed E-state index contributed by atoms with van der Waals surface area (Å²) in [6, 6.07) is 9.06. The van der Waals surface area contributed by atoms with Crippen LogP contribution in [-0.2, 0) is 6.18 Å². The van der Waals surface area contributed by atoms with Crippen molar-refractivity contribution in [1.29, 1.82) is 0 Å². The summed E-state index contributed by atoms with van der Waals surface area (Å²) >= 11 is 0. The maximum Gasteiger partial charge on any atom is 0.416 e. The first-order chi connectivity index (χ1) is 14.3. The summed E-state index contributed by atoms with van der Waals surface area (Å²) in [6.45, 7) is 2.01. The van der Waals surface area contributed by atoms with Crippen LogP contribution >= 0.6 is 13.5 Å². The molecule has 3 aromatic rings. The Hall–Kier alpha value is -3.34. The van der Waals surface area contributed by atoms with Crippen LogP contribution in [0.15, 0.2) is 54.9 Å². The van der Waals surface area contributed by atoms with Crippen LogP contribution in [0.4, 0.5) is 24.7 Å². The van der Waals surface area contributed by atoms with Crippen LogP contribution in [0.2, 0.25) is 0 Å². The topological polar surface area (TPSA) is 80.1 Å². The Morgan fingerprint density at radius 1 is 1.16 bits per heavy atom. The Labute approximate surface area is 189 Å². The highest BCUT2D eigenvalue weighted by molar-refractivity contribution is 7.59. The van der Waals surface area contributed by atoms with E-state index in [-0.39, 0.29) is 44.8 Å². The van der Waals surface area contributed by atoms with E-state index in [0.29, 0.717) is 11.5 Å². The summed E-state index contributed by atoms with van der Waals surface area (Å²) in [5.41, 5.74) is -0.358. The monoisotopic (exact) mass is 465 g/mol. The molecule has 0 saturated heterocycles. The molecule has 1 aliphatic rings. The Bertz CT molecular complexity index is 1100. The van der Waals surface area contributed by atoms with Crippen molar-refractivity contribution in [2.45, 2.75) is 26.6 Å². The van der Waals surface area contributed by atoms with Gasteiger partial charge in [-0.2, -0.15) is 31.8 Å². The predicted octanol–water partition coefficient (Wildman–Crippen LogP) is 4.52. The highest BCUT2D eigenvalue weighted by Gasteiger charge is 2.36. The lowest BCUT2D eigenvalue weighted by atomic mass is 10.1. The molecule has 0 unspecified atom stereocenters. The van der Waals surface area contributed by atoms with Crippen LogP contribution in [-0.4, -0.2) is 33.1 Å². The normalized spacial score (nSPS) is 15.3. The predicted molar refractivity (Wildman–Crippen MR) is 119 cm³/mol. The van der Waals surface area contributed by atoms with Gasteiger partial charge in [-0.1, -0.05) is 13.5 Å². The number of carbonyl (C=O) groups is 2. The third-order valence-electron chi connectivity index (χ3n) is 4.76. The molecule has 1 N–H and O–H groups in total. The van der Waals surface area contributed by atoms with E-state index >= 15 is 0 Å². The minimum atomic E-state index is -4.47. The number of alkyl halides is 3. The summed E-state index contributed by atoms with van der Waals surface area (Å²) in [5, 5.41) is 6.77. The van der Waals surface area contributed by atoms with Crippen molar-refractivity contribution in [1.82, 2.24) is 14.8 Å². The Morgan fingerprint density at radius 2 is 1.84 bits per heavy atom. The molecule has 1 atom stereocenters. The number of hydrogen-bond acceptors (Lipinski definition) is 4. The number of fused-ring (bicyclic) bond motifs is 1. The van der Waals surface area contributed by atoms with Gasteiger partial charge in [-0.15, -0.1) is 0 Å². The SMILES string of the molecule is C.C[C@H]1CN(c2ccc(C(F)(F)F)cc2)C(=O)c2c(C(=O)Nc3ccccn3)cnn21.S. The van der Waals surface area contributed by atoms with Crippen molar-refractivity contribution in [3.05, 3.63) is 71.7 Å². The molecule has 11 heteroatoms. The van der Waals surface area contributed by atoms with Crippen molar-refractivity contribution in [3.8, 4) is 0 Å². The van der Waals surface area contributed by atoms with Crippen molar-refractivity contribution in [2.24, 2.45) is 0 Å². The fraction of sp³-hybridized carbons (Fsp3) is 0.238. The highest BCUT2D eigenvalue weighted by atomic mass is 32.1. The number of nitrogens with zero attached hydrogens (tertiary/aromatic N) is 4. The first-order valence-corrected chi connectivity index (χ1v) is 9.04. The van der Waals surface area contributed by atoms with Gasteiger partial charge in [-0.05, 0) is 43.3 Å². The molecule has 32 heavy (non-hydrogen) atoms. The van der Waals surface area contributed by atoms with Crippen molar-refractivity contribution in [2.75, 3.05) is 16.8 Å². The number of nitrogens with one attached hydrogen (secondary N) is 1. The van der Waals surface area contributed by atoms with Crippen LogP contribution < -0.4 is 10.2 Å². The molecule has 1 aromatic carbocycles. The van der Waals surface area contributed by atoms with E-state index in [1.54, 1.807) is 25.1 Å². The van der Waals surface area contributed by atoms with Crippen molar-refractivity contribution < 1.29 is 22.8 Å². The second-order valence-electron chi connectivity index (χ2n) is 6.83. The zero-order valence-electron chi connectivity index (χ0n) is 16.2. The molecule has 0 radical (unpaired) electrons. The zero-order chi connectivity index (χ0) is 21.5. The van der Waals surface area contributed by atoms with Gasteiger partial charge in [0.15, 0.2) is 0 Å². The Kier molecular flexibility index (Phi) is 7.34. The molecule has 7 nitrogen and oxygen atoms in total. The van der Waals surface area contributed by atoms with E-state index in [4.69, 9.17) is 0 Å². The molecule has 0 aliphatic carbocycles. The van der Waals surface area contributed by atoms with Gasteiger partial charge in [0.05, 0.1) is 23.4 Å². The summed E-state index contributed by atoms with van der Waals surface area (Å²) in [4.78, 5) is 31.2. The Morgan fingerprint density at radius 3 is 2.44 bits per heavy atom. The minimum absolute atomic E-state index is 0. The third kappa shape index (κ3) is 4.62. The van der Waals surface area contributed by atoms with E-state index < -0.39 is 23.6 Å². The number of aromatic nitrogens is 3. The van der Waals surface area contributed by atoms with E-state index in [2.05, 4.69) is 15.4 Å². The van der Waals surface area contributed by atoms with Gasteiger partial charge in [0.25, 0.3) is 11.8 Å². The van der Waals surface area contributed by atoms with Gasteiger partial charge >= 0.3 is 6.18 Å². The minimum Gasteiger partial charge on any atom is -0.306 e. The van der Waals surface area contributed by atoms with E-state index in [1.165, 1.54) is 34.1 Å². The van der Waals surface area contributed by atoms with Gasteiger partial charge in [0.1, 0.15) is 11.5 Å². The summed E-state index contributed by atoms with van der Waals surface area (Å²) in [6.07, 6.45) is -1.64. The quantitative estimate of drug-likeness (QED) is 0.617. The Balaban J connectivity index is 0.00000181. The van der Waals surface area contributed by atoms with Crippen LogP contribution in [0.3, 0.4) is 0 Å². The molecule has 3 heterocycles. The van der Waals surface area contributed by atoms with Crippen molar-refractivity contribution >= 4 is 36.8 Å². The molecule has 2 aromatic heterocycles. The third-order valence-corrected chi connectivity index (χ3v) is 4.76. The molecule has 0 saturated carbocycles. The maximum atomic E-state index is 13.1. The first kappa shape index (κ1) is 24.9. The maximum absolute atomic E-state index is 13.1. The smallest absolute Gasteiger partial charge is 0.306 e. The van der Waals surface area contributed by atoms with E-state index in [9.17, 15) is 22.8 Å². The van der Waals surface area contributed by atoms with E-state index in [1.807, 2.05) is 0 Å². The number of carbonyl (C=O) groups excluding carboxylic acids is 2. The van der Waals surface area contributed by atoms with Crippen LogP contribution in [0.25, 0.3) is 0 Å². The molecule has 0 fully saturated rings. The van der Waals surface area contributed by atoms with Gasteiger partial charge in [0, 0.05) is 18.4 Å². The lowest BCUT2D eigenvalue weighted by molar-refractivity contribution is -0.137. The summed E-state index contributed by atoms with van der Waals surface area (Å²) in [7, 11) is 0. The lowest BCUT2D eigenvalue weighted by Gasteiger charge is -2.32. The summed E-state index contributed by atoms with van der Waals surface area (Å²) < 4.78 is 40.0. The molecule has 1 aliphatic heterocycles. The molecule has 2 amide bonds. The number of hydrogen-bond donors (Lipinski definition) is 1. The zero-order valence-corrected chi connectivity index (χ0v) is 17.2. The van der Waals surface area contributed by atoms with Gasteiger partial charge < -0.3 is 10.2 Å². The second-order valence-corrected chi connectivity index (χ2v) is 6.83. The molecule has 4 rings (SSSR count). The molecule has 170 valence electrons. The summed E-state index contributed by atoms with van der Waals surface area (Å²) in [5.74, 6) is -0.750. The van der Waals surface area contributed by atoms with Crippen molar-refractivity contribution in [3.63, 3.8) is 0 Å². The number of amides is 2. The number of halogens is 3. The molecular weight excluding hydrogens is 443 g/mol. The number of pyridine rings is 1. The standard InChI is InChI=1S/C20H16F3N5O2.CH4.H2S/c1-12-11-27(14-7-5-13(6-8-14)20(21,22)23)19(30)17-15(10-25-28(12)17)18(29)26-16-4-2-3-9-24-16;;/h2-10,12H,11H2,1H3,(H,24,26,29);1H4;1H2/t12-;;/m0../s1. The molecule has 0 bridgehead atoms. The van der Waals surface area contributed by atoms with Gasteiger partial charge in [0.2, 0.25) is 0 Å². The largest absolute Gasteiger partial charge is 0.416 e. The highest BCUT2D eigenvalue weighted by Crippen LogP contribution is 2.32. The van der Waals surface area contributed by atoms with Crippen LogP contribution in [0.5, 0.6) is 0 Å². The van der Waals surface area contributed by atoms with E-state index in [0.717, 1.165) is 12.1 Å². The van der Waals surface area contributed by atoms with Gasteiger partial charge in [-0.3, -0.25) is 14.3 Å². The van der Waals surface area contributed by atoms with Crippen LogP contribution in [0, 0.1) is 0 Å².